The normalized spacial score (nSPS) is 13.7. The van der Waals surface area contributed by atoms with Crippen LogP contribution in [0, 0.1) is 27.7 Å². The van der Waals surface area contributed by atoms with Gasteiger partial charge in [0.15, 0.2) is 0 Å². The maximum Gasteiger partial charge on any atom is 0.282 e. The van der Waals surface area contributed by atoms with Gasteiger partial charge in [-0.05, 0) is 75.1 Å². The number of hydrogen-bond acceptors (Lipinski definition) is 4. The quantitative estimate of drug-likeness (QED) is 0.499. The molecule has 33 heavy (non-hydrogen) atoms. The number of hydrogen-bond donors (Lipinski definition) is 1. The van der Waals surface area contributed by atoms with E-state index in [-0.39, 0.29) is 11.6 Å². The Hall–Kier alpha value is -3.86. The van der Waals surface area contributed by atoms with E-state index >= 15 is 0 Å². The molecule has 1 N–H and O–H groups in total. The number of aryl methyl sites for hydroxylation is 3. The number of carbonyl (C=O) groups excluding carboxylic acids is 2. The van der Waals surface area contributed by atoms with Crippen LogP contribution in [-0.2, 0) is 9.59 Å². The molecule has 0 saturated carbocycles. The number of benzene rings is 3. The summed E-state index contributed by atoms with van der Waals surface area (Å²) in [6.45, 7) is 10.3. The van der Waals surface area contributed by atoms with Crippen LogP contribution in [0.15, 0.2) is 66.4 Å². The first-order valence-corrected chi connectivity index (χ1v) is 11.1. The lowest BCUT2D eigenvalue weighted by atomic mass is 9.97. The minimum Gasteiger partial charge on any atom is -0.492 e. The molecule has 0 aromatic heterocycles. The zero-order chi connectivity index (χ0) is 23.7. The summed E-state index contributed by atoms with van der Waals surface area (Å²) in [5.74, 6) is -0.274. The lowest BCUT2D eigenvalue weighted by molar-refractivity contribution is -0.120. The summed E-state index contributed by atoms with van der Waals surface area (Å²) in [6, 6.07) is 18.9. The van der Waals surface area contributed by atoms with E-state index < -0.39 is 5.91 Å². The minimum absolute atomic E-state index is 0.270. The summed E-state index contributed by atoms with van der Waals surface area (Å²) in [5.41, 5.74) is 6.77. The van der Waals surface area contributed by atoms with Crippen molar-refractivity contribution in [1.82, 2.24) is 0 Å². The molecule has 0 aliphatic carbocycles. The van der Waals surface area contributed by atoms with E-state index in [1.165, 1.54) is 4.90 Å². The molecule has 168 valence electrons. The van der Waals surface area contributed by atoms with Crippen LogP contribution in [0.1, 0.15) is 34.7 Å². The average molecular weight is 441 g/mol. The highest BCUT2D eigenvalue weighted by Crippen LogP contribution is 2.39. The molecule has 0 saturated heterocycles. The molecule has 0 atom stereocenters. The van der Waals surface area contributed by atoms with Gasteiger partial charge in [-0.3, -0.25) is 9.59 Å². The van der Waals surface area contributed by atoms with Gasteiger partial charge in [0, 0.05) is 5.69 Å². The summed E-state index contributed by atoms with van der Waals surface area (Å²) < 4.78 is 5.73. The SMILES string of the molecule is CCOc1ccccc1N1C(=O)C(Nc2cccc(C)c2C)=C(c2ccc(C)cc2C)C1=O. The molecule has 1 aliphatic rings. The first-order valence-electron chi connectivity index (χ1n) is 11.1. The molecule has 1 aliphatic heterocycles. The maximum atomic E-state index is 13.8. The standard InChI is InChI=1S/C28H28N2O3/c1-6-33-24-13-8-7-12-23(24)30-27(31)25(21-15-14-17(2)16-19(21)4)26(28(30)32)29-22-11-9-10-18(3)20(22)5/h7-16,29H,6H2,1-5H3. The predicted octanol–water partition coefficient (Wildman–Crippen LogP) is 5.72. The van der Waals surface area contributed by atoms with Gasteiger partial charge >= 0.3 is 0 Å². The maximum absolute atomic E-state index is 13.8. The zero-order valence-corrected chi connectivity index (χ0v) is 19.7. The van der Waals surface area contributed by atoms with Crippen molar-refractivity contribution in [2.45, 2.75) is 34.6 Å². The third-order valence-electron chi connectivity index (χ3n) is 6.01. The molecule has 2 amide bonds. The Bertz CT molecular complexity index is 1290. The topological polar surface area (TPSA) is 58.6 Å². The van der Waals surface area contributed by atoms with Crippen molar-refractivity contribution in [2.75, 3.05) is 16.8 Å². The second kappa shape index (κ2) is 8.94. The fourth-order valence-corrected chi connectivity index (χ4v) is 4.15. The summed E-state index contributed by atoms with van der Waals surface area (Å²) >= 11 is 0. The van der Waals surface area contributed by atoms with Crippen LogP contribution in [0.3, 0.4) is 0 Å². The van der Waals surface area contributed by atoms with E-state index in [9.17, 15) is 9.59 Å². The van der Waals surface area contributed by atoms with E-state index in [4.69, 9.17) is 4.74 Å². The van der Waals surface area contributed by atoms with Crippen LogP contribution in [0.25, 0.3) is 5.57 Å². The highest BCUT2D eigenvalue weighted by atomic mass is 16.5. The van der Waals surface area contributed by atoms with Gasteiger partial charge in [-0.15, -0.1) is 0 Å². The lowest BCUT2D eigenvalue weighted by Crippen LogP contribution is -2.32. The number of anilines is 2. The molecule has 0 spiro atoms. The van der Waals surface area contributed by atoms with Crippen molar-refractivity contribution in [3.63, 3.8) is 0 Å². The third-order valence-corrected chi connectivity index (χ3v) is 6.01. The van der Waals surface area contributed by atoms with Crippen LogP contribution in [0.5, 0.6) is 5.75 Å². The van der Waals surface area contributed by atoms with Crippen molar-refractivity contribution in [1.29, 1.82) is 0 Å². The minimum atomic E-state index is -0.400. The second-order valence-corrected chi connectivity index (χ2v) is 8.29. The number of nitrogens with one attached hydrogen (secondary N) is 1. The Balaban J connectivity index is 1.89. The van der Waals surface area contributed by atoms with Gasteiger partial charge in [0.1, 0.15) is 11.4 Å². The Labute approximate surface area is 194 Å². The van der Waals surface area contributed by atoms with Crippen molar-refractivity contribution < 1.29 is 14.3 Å². The fourth-order valence-electron chi connectivity index (χ4n) is 4.15. The Morgan fingerprint density at radius 3 is 2.33 bits per heavy atom. The van der Waals surface area contributed by atoms with Gasteiger partial charge in [-0.2, -0.15) is 0 Å². The summed E-state index contributed by atoms with van der Waals surface area (Å²) in [6.07, 6.45) is 0. The number of nitrogens with zero attached hydrogens (tertiary/aromatic N) is 1. The average Bonchev–Trinajstić information content (AvgIpc) is 3.02. The third kappa shape index (κ3) is 4.02. The number of amides is 2. The lowest BCUT2D eigenvalue weighted by Gasteiger charge is -2.19. The van der Waals surface area contributed by atoms with E-state index in [0.717, 1.165) is 33.5 Å². The van der Waals surface area contributed by atoms with Gasteiger partial charge in [0.25, 0.3) is 11.8 Å². The summed E-state index contributed by atoms with van der Waals surface area (Å²) in [5, 5.41) is 3.30. The molecule has 0 bridgehead atoms. The number of ether oxygens (including phenoxy) is 1. The molecule has 4 rings (SSSR count). The van der Waals surface area contributed by atoms with Gasteiger partial charge in [-0.1, -0.05) is 48.0 Å². The number of para-hydroxylation sites is 2. The monoisotopic (exact) mass is 440 g/mol. The molecular formula is C28H28N2O3. The molecule has 1 heterocycles. The fraction of sp³-hybridized carbons (Fsp3) is 0.214. The highest BCUT2D eigenvalue weighted by molar-refractivity contribution is 6.46. The number of imide groups is 1. The van der Waals surface area contributed by atoms with Gasteiger partial charge in [0.2, 0.25) is 0 Å². The number of rotatable bonds is 6. The smallest absolute Gasteiger partial charge is 0.282 e. The molecule has 0 unspecified atom stereocenters. The van der Waals surface area contributed by atoms with E-state index in [1.807, 2.05) is 77.1 Å². The predicted molar refractivity (Wildman–Crippen MR) is 132 cm³/mol. The first-order chi connectivity index (χ1) is 15.8. The van der Waals surface area contributed by atoms with Gasteiger partial charge in [0.05, 0.1) is 17.9 Å². The largest absolute Gasteiger partial charge is 0.492 e. The van der Waals surface area contributed by atoms with E-state index in [1.54, 1.807) is 18.2 Å². The van der Waals surface area contributed by atoms with Crippen LogP contribution in [0.4, 0.5) is 11.4 Å². The van der Waals surface area contributed by atoms with Crippen LogP contribution < -0.4 is 15.0 Å². The molecular weight excluding hydrogens is 412 g/mol. The molecule has 5 nitrogen and oxygen atoms in total. The van der Waals surface area contributed by atoms with Crippen molar-refractivity contribution >= 4 is 28.8 Å². The van der Waals surface area contributed by atoms with Crippen LogP contribution >= 0.6 is 0 Å². The van der Waals surface area contributed by atoms with Crippen molar-refractivity contribution in [3.8, 4) is 5.75 Å². The van der Waals surface area contributed by atoms with Crippen LogP contribution in [-0.4, -0.2) is 18.4 Å². The molecule has 0 fully saturated rings. The highest BCUT2D eigenvalue weighted by Gasteiger charge is 2.42. The summed E-state index contributed by atoms with van der Waals surface area (Å²) in [7, 11) is 0. The molecule has 3 aromatic rings. The van der Waals surface area contributed by atoms with E-state index in [0.29, 0.717) is 23.6 Å². The zero-order valence-electron chi connectivity index (χ0n) is 19.7. The first kappa shape index (κ1) is 22.3. The van der Waals surface area contributed by atoms with Crippen LogP contribution in [0.2, 0.25) is 0 Å². The number of carbonyl (C=O) groups is 2. The van der Waals surface area contributed by atoms with Crippen molar-refractivity contribution in [2.24, 2.45) is 0 Å². The van der Waals surface area contributed by atoms with Crippen molar-refractivity contribution in [3.05, 3.63) is 94.2 Å². The Morgan fingerprint density at radius 2 is 1.61 bits per heavy atom. The molecule has 3 aromatic carbocycles. The van der Waals surface area contributed by atoms with E-state index in [2.05, 4.69) is 5.32 Å². The van der Waals surface area contributed by atoms with Gasteiger partial charge < -0.3 is 10.1 Å². The Morgan fingerprint density at radius 1 is 0.848 bits per heavy atom. The Kier molecular flexibility index (Phi) is 6.05. The molecule has 0 radical (unpaired) electrons. The molecule has 5 heteroatoms. The summed E-state index contributed by atoms with van der Waals surface area (Å²) in [4.78, 5) is 28.8. The van der Waals surface area contributed by atoms with Gasteiger partial charge in [-0.25, -0.2) is 4.90 Å². The second-order valence-electron chi connectivity index (χ2n) is 8.29.